The fourth-order valence-corrected chi connectivity index (χ4v) is 0.547. The summed E-state index contributed by atoms with van der Waals surface area (Å²) in [5, 5.41) is 8.40. The van der Waals surface area contributed by atoms with Gasteiger partial charge in [0.2, 0.25) is 0 Å². The summed E-state index contributed by atoms with van der Waals surface area (Å²) >= 11 is 0. The molecule has 1 N–H and O–H groups in total. The maximum Gasteiger partial charge on any atom is 0.124 e. The van der Waals surface area contributed by atoms with Crippen molar-refractivity contribution in [2.75, 3.05) is 6.61 Å². The Morgan fingerprint density at radius 2 is 2.71 bits per heavy atom. The van der Waals surface area contributed by atoms with Crippen LogP contribution in [0.25, 0.3) is 0 Å². The summed E-state index contributed by atoms with van der Waals surface area (Å²) in [7, 11) is 0. The molecule has 1 heterocycles. The zero-order valence-electron chi connectivity index (χ0n) is 4.00. The Balaban J connectivity index is 2.22. The van der Waals surface area contributed by atoms with Gasteiger partial charge in [-0.2, -0.15) is 0 Å². The number of hydrogen-bond acceptors (Lipinski definition) is 2. The van der Waals surface area contributed by atoms with Gasteiger partial charge in [0.05, 0.1) is 12.9 Å². The molecule has 0 saturated carbocycles. The Morgan fingerprint density at radius 3 is 3.00 bits per heavy atom. The van der Waals surface area contributed by atoms with Crippen molar-refractivity contribution in [2.24, 2.45) is 0 Å². The first-order valence-corrected chi connectivity index (χ1v) is 2.35. The molecule has 0 fully saturated rings. The van der Waals surface area contributed by atoms with Crippen molar-refractivity contribution in [3.05, 3.63) is 12.3 Å². The van der Waals surface area contributed by atoms with E-state index < -0.39 is 0 Å². The monoisotopic (exact) mass is 100 g/mol. The maximum atomic E-state index is 8.40. The summed E-state index contributed by atoms with van der Waals surface area (Å²) in [6, 6.07) is 0. The zero-order chi connectivity index (χ0) is 5.11. The van der Waals surface area contributed by atoms with Crippen molar-refractivity contribution < 1.29 is 9.84 Å². The highest BCUT2D eigenvalue weighted by Gasteiger charge is 2.07. The lowest BCUT2D eigenvalue weighted by Gasteiger charge is -2.02. The molecule has 1 aliphatic rings. The molecule has 40 valence electrons. The van der Waals surface area contributed by atoms with E-state index in [-0.39, 0.29) is 12.7 Å². The van der Waals surface area contributed by atoms with E-state index in [1.807, 2.05) is 6.08 Å². The molecule has 0 amide bonds. The smallest absolute Gasteiger partial charge is 0.124 e. The molecule has 0 aromatic carbocycles. The summed E-state index contributed by atoms with van der Waals surface area (Å²) in [6.07, 6.45) is 4.43. The second kappa shape index (κ2) is 1.98. The summed E-state index contributed by atoms with van der Waals surface area (Å²) in [4.78, 5) is 0. The largest absolute Gasteiger partial charge is 0.496 e. The highest BCUT2D eigenvalue weighted by Crippen LogP contribution is 2.06. The third-order valence-electron chi connectivity index (χ3n) is 0.970. The second-order valence-electron chi connectivity index (χ2n) is 1.55. The van der Waals surface area contributed by atoms with Gasteiger partial charge in [-0.3, -0.25) is 0 Å². The van der Waals surface area contributed by atoms with Gasteiger partial charge in [0, 0.05) is 6.42 Å². The minimum Gasteiger partial charge on any atom is -0.496 e. The highest BCUT2D eigenvalue weighted by atomic mass is 16.5. The van der Waals surface area contributed by atoms with Crippen LogP contribution in [0.3, 0.4) is 0 Å². The van der Waals surface area contributed by atoms with Crippen molar-refractivity contribution in [1.29, 1.82) is 0 Å². The van der Waals surface area contributed by atoms with Gasteiger partial charge in [-0.15, -0.1) is 0 Å². The summed E-state index contributed by atoms with van der Waals surface area (Å²) in [5.74, 6) is 0. The predicted molar refractivity (Wildman–Crippen MR) is 25.7 cm³/mol. The normalized spacial score (nSPS) is 27.9. The van der Waals surface area contributed by atoms with Crippen LogP contribution < -0.4 is 0 Å². The first-order valence-electron chi connectivity index (χ1n) is 2.35. The van der Waals surface area contributed by atoms with E-state index >= 15 is 0 Å². The molecule has 1 atom stereocenters. The van der Waals surface area contributed by atoms with Crippen LogP contribution in [-0.2, 0) is 4.74 Å². The average Bonchev–Trinajstić information content (AvgIpc) is 2.14. The molecule has 2 nitrogen and oxygen atoms in total. The fourth-order valence-electron chi connectivity index (χ4n) is 0.547. The molecular weight excluding hydrogens is 92.1 g/mol. The molecule has 0 aliphatic carbocycles. The van der Waals surface area contributed by atoms with Crippen LogP contribution in [0.4, 0.5) is 0 Å². The Bertz CT molecular complexity index is 70.1. The van der Waals surface area contributed by atoms with Gasteiger partial charge in [-0.1, -0.05) is 0 Å². The van der Waals surface area contributed by atoms with Gasteiger partial charge >= 0.3 is 0 Å². The average molecular weight is 100 g/mol. The second-order valence-corrected chi connectivity index (χ2v) is 1.55. The number of aliphatic hydroxyl groups excluding tert-OH is 1. The van der Waals surface area contributed by atoms with Crippen molar-refractivity contribution >= 4 is 0 Å². The summed E-state index contributed by atoms with van der Waals surface area (Å²) in [6.45, 7) is 0.132. The van der Waals surface area contributed by atoms with Crippen LogP contribution in [0.1, 0.15) is 6.42 Å². The number of rotatable bonds is 1. The molecule has 2 heteroatoms. The Kier molecular flexibility index (Phi) is 1.32. The standard InChI is InChI=1S/C5H8O2/c6-4-5-2-1-3-7-5/h1,3,5-6H,2,4H2/t5-/m1/s1. The van der Waals surface area contributed by atoms with Crippen LogP contribution in [0.2, 0.25) is 0 Å². The lowest BCUT2D eigenvalue weighted by atomic mass is 10.3. The molecule has 1 aliphatic heterocycles. The van der Waals surface area contributed by atoms with E-state index in [0.717, 1.165) is 6.42 Å². The summed E-state index contributed by atoms with van der Waals surface area (Å²) < 4.78 is 4.87. The van der Waals surface area contributed by atoms with Gasteiger partial charge in [-0.25, -0.2) is 0 Å². The SMILES string of the molecule is OC[C@H]1CC=CO1. The van der Waals surface area contributed by atoms with Gasteiger partial charge in [0.15, 0.2) is 0 Å². The molecule has 0 spiro atoms. The molecule has 0 aromatic rings. The lowest BCUT2D eigenvalue weighted by Crippen LogP contribution is -2.08. The molecule has 0 aromatic heterocycles. The first-order chi connectivity index (χ1) is 3.43. The van der Waals surface area contributed by atoms with E-state index in [2.05, 4.69) is 0 Å². The van der Waals surface area contributed by atoms with Crippen molar-refractivity contribution in [3.8, 4) is 0 Å². The molecule has 0 saturated heterocycles. The predicted octanol–water partition coefficient (Wildman–Crippen LogP) is 0.281. The van der Waals surface area contributed by atoms with Crippen molar-refractivity contribution in [3.63, 3.8) is 0 Å². The van der Waals surface area contributed by atoms with Gasteiger partial charge in [0.25, 0.3) is 0 Å². The van der Waals surface area contributed by atoms with Crippen LogP contribution in [-0.4, -0.2) is 17.8 Å². The molecule has 1 rings (SSSR count). The fraction of sp³-hybridized carbons (Fsp3) is 0.600. The van der Waals surface area contributed by atoms with Crippen LogP contribution in [0.15, 0.2) is 12.3 Å². The molecule has 0 bridgehead atoms. The third kappa shape index (κ3) is 0.933. The molecule has 7 heavy (non-hydrogen) atoms. The molecule has 0 unspecified atom stereocenters. The Labute approximate surface area is 42.4 Å². The number of aliphatic hydroxyl groups is 1. The van der Waals surface area contributed by atoms with Crippen LogP contribution in [0, 0.1) is 0 Å². The summed E-state index contributed by atoms with van der Waals surface area (Å²) in [5.41, 5.74) is 0. The Morgan fingerprint density at radius 1 is 1.86 bits per heavy atom. The van der Waals surface area contributed by atoms with E-state index in [4.69, 9.17) is 9.84 Å². The quantitative estimate of drug-likeness (QED) is 0.513. The first kappa shape index (κ1) is 4.65. The van der Waals surface area contributed by atoms with Crippen molar-refractivity contribution in [1.82, 2.24) is 0 Å². The molecular formula is C5H8O2. The van der Waals surface area contributed by atoms with Gasteiger partial charge in [-0.05, 0) is 6.08 Å². The van der Waals surface area contributed by atoms with E-state index in [1.54, 1.807) is 6.26 Å². The topological polar surface area (TPSA) is 29.5 Å². The number of hydrogen-bond donors (Lipinski definition) is 1. The van der Waals surface area contributed by atoms with Crippen LogP contribution >= 0.6 is 0 Å². The van der Waals surface area contributed by atoms with Crippen LogP contribution in [0.5, 0.6) is 0 Å². The minimum absolute atomic E-state index is 0.0417. The Hall–Kier alpha value is -0.500. The maximum absolute atomic E-state index is 8.40. The van der Waals surface area contributed by atoms with Gasteiger partial charge < -0.3 is 9.84 Å². The number of ether oxygens (including phenoxy) is 1. The lowest BCUT2D eigenvalue weighted by molar-refractivity contribution is 0.0964. The highest BCUT2D eigenvalue weighted by molar-refractivity contribution is 4.85. The van der Waals surface area contributed by atoms with E-state index in [9.17, 15) is 0 Å². The van der Waals surface area contributed by atoms with E-state index in [0.29, 0.717) is 0 Å². The van der Waals surface area contributed by atoms with E-state index in [1.165, 1.54) is 0 Å². The van der Waals surface area contributed by atoms with Crippen molar-refractivity contribution in [2.45, 2.75) is 12.5 Å². The minimum atomic E-state index is 0.0417. The van der Waals surface area contributed by atoms with Gasteiger partial charge in [0.1, 0.15) is 6.10 Å². The third-order valence-corrected chi connectivity index (χ3v) is 0.970. The zero-order valence-corrected chi connectivity index (χ0v) is 4.00. The molecule has 0 radical (unpaired) electrons.